The maximum Gasteiger partial charge on any atom is 0.291 e. The third-order valence-corrected chi connectivity index (χ3v) is 6.14. The Morgan fingerprint density at radius 2 is 1.68 bits per heavy atom. The van der Waals surface area contributed by atoms with Gasteiger partial charge in [-0.3, -0.25) is 4.79 Å². The van der Waals surface area contributed by atoms with Gasteiger partial charge in [0.15, 0.2) is 5.82 Å². The predicted molar refractivity (Wildman–Crippen MR) is 136 cm³/mol. The molecule has 0 bridgehead atoms. The van der Waals surface area contributed by atoms with Gasteiger partial charge in [-0.1, -0.05) is 60.7 Å². The smallest absolute Gasteiger partial charge is 0.291 e. The summed E-state index contributed by atoms with van der Waals surface area (Å²) >= 11 is 1.73. The fourth-order valence-electron chi connectivity index (χ4n) is 3.80. The van der Waals surface area contributed by atoms with Gasteiger partial charge in [0, 0.05) is 5.56 Å². The average molecular weight is 469 g/mol. The van der Waals surface area contributed by atoms with Gasteiger partial charge < -0.3 is 10.3 Å². The van der Waals surface area contributed by atoms with E-state index in [0.717, 1.165) is 40.3 Å². The third-order valence-electron chi connectivity index (χ3n) is 5.50. The molecule has 2 aromatic heterocycles. The summed E-state index contributed by atoms with van der Waals surface area (Å²) in [6.07, 6.45) is 2.78. The average Bonchev–Trinajstić information content (AvgIpc) is 3.52. The van der Waals surface area contributed by atoms with Crippen LogP contribution in [-0.2, 0) is 0 Å². The number of nitrogens with one attached hydrogen (secondary N) is 2. The minimum atomic E-state index is -0.335. The van der Waals surface area contributed by atoms with Crippen molar-refractivity contribution in [1.29, 1.82) is 0 Å². The zero-order chi connectivity index (χ0) is 23.3. The van der Waals surface area contributed by atoms with Crippen molar-refractivity contribution in [2.75, 3.05) is 12.0 Å². The second-order valence-corrected chi connectivity index (χ2v) is 8.80. The highest BCUT2D eigenvalue weighted by Crippen LogP contribution is 2.23. The number of hydrogen-bond acceptors (Lipinski definition) is 5. The van der Waals surface area contributed by atoms with E-state index in [0.29, 0.717) is 5.82 Å². The largest absolute Gasteiger partial charge is 0.340 e. The van der Waals surface area contributed by atoms with Crippen molar-refractivity contribution in [2.24, 2.45) is 0 Å². The Balaban J connectivity index is 1.48. The van der Waals surface area contributed by atoms with E-state index in [2.05, 4.69) is 20.4 Å². The van der Waals surface area contributed by atoms with Crippen molar-refractivity contribution in [3.8, 4) is 17.1 Å². The lowest BCUT2D eigenvalue weighted by Crippen LogP contribution is -2.30. The lowest BCUT2D eigenvalue weighted by Gasteiger charge is -2.15. The van der Waals surface area contributed by atoms with Crippen LogP contribution in [0, 0.1) is 0 Å². The summed E-state index contributed by atoms with van der Waals surface area (Å²) < 4.78 is 1.71. The molecule has 7 nitrogen and oxygen atoms in total. The second-order valence-electron chi connectivity index (χ2n) is 7.82. The van der Waals surface area contributed by atoms with Crippen molar-refractivity contribution in [3.63, 3.8) is 0 Å². The number of hydrogen-bond donors (Lipinski definition) is 2. The van der Waals surface area contributed by atoms with E-state index in [1.165, 1.54) is 0 Å². The molecule has 1 atom stereocenters. The molecule has 1 unspecified atom stereocenters. The Bertz CT molecular complexity index is 1310. The fraction of sp³-hybridized carbons (Fsp3) is 0.154. The van der Waals surface area contributed by atoms with Gasteiger partial charge in [-0.15, -0.1) is 5.10 Å². The van der Waals surface area contributed by atoms with Gasteiger partial charge in [-0.05, 0) is 42.7 Å². The molecule has 3 aromatic carbocycles. The maximum atomic E-state index is 13.3. The van der Waals surface area contributed by atoms with Crippen LogP contribution in [0.5, 0.6) is 0 Å². The zero-order valence-electron chi connectivity index (χ0n) is 18.7. The van der Waals surface area contributed by atoms with Crippen LogP contribution >= 0.6 is 11.8 Å². The fourth-order valence-corrected chi connectivity index (χ4v) is 4.28. The number of H-pyrrole nitrogens is 1. The molecule has 0 saturated carbocycles. The van der Waals surface area contributed by atoms with E-state index >= 15 is 0 Å². The number of rotatable bonds is 8. The molecule has 34 heavy (non-hydrogen) atoms. The number of aromatic nitrogens is 5. The topological polar surface area (TPSA) is 88.5 Å². The van der Waals surface area contributed by atoms with Crippen LogP contribution < -0.4 is 5.32 Å². The highest BCUT2D eigenvalue weighted by molar-refractivity contribution is 7.98. The lowest BCUT2D eigenvalue weighted by atomic mass is 10.2. The molecule has 0 spiro atoms. The highest BCUT2D eigenvalue weighted by atomic mass is 32.2. The van der Waals surface area contributed by atoms with Crippen LogP contribution in [0.25, 0.3) is 28.1 Å². The van der Waals surface area contributed by atoms with Gasteiger partial charge >= 0.3 is 0 Å². The molecule has 5 rings (SSSR count). The van der Waals surface area contributed by atoms with E-state index in [-0.39, 0.29) is 17.8 Å². The van der Waals surface area contributed by atoms with Gasteiger partial charge in [-0.25, -0.2) is 14.6 Å². The minimum Gasteiger partial charge on any atom is -0.340 e. The van der Waals surface area contributed by atoms with Crippen molar-refractivity contribution in [1.82, 2.24) is 30.0 Å². The number of imidazole rings is 1. The number of carbonyl (C=O) groups is 1. The Kier molecular flexibility index (Phi) is 6.40. The SMILES string of the molecule is CSCCC(NC(=O)c1nc(-c2ccccc2)n(-c2ccccc2)n1)c1nc2ccccc2[nH]1. The van der Waals surface area contributed by atoms with Gasteiger partial charge in [0.25, 0.3) is 5.91 Å². The Morgan fingerprint density at radius 1 is 0.971 bits per heavy atom. The molecule has 8 heteroatoms. The molecule has 2 heterocycles. The summed E-state index contributed by atoms with van der Waals surface area (Å²) in [6.45, 7) is 0. The molecule has 0 aliphatic carbocycles. The molecule has 0 aliphatic heterocycles. The number of aromatic amines is 1. The summed E-state index contributed by atoms with van der Waals surface area (Å²) in [4.78, 5) is 26.0. The van der Waals surface area contributed by atoms with Crippen molar-refractivity contribution >= 4 is 28.7 Å². The number of thioether (sulfide) groups is 1. The van der Waals surface area contributed by atoms with Crippen molar-refractivity contribution in [3.05, 3.63) is 96.6 Å². The maximum absolute atomic E-state index is 13.3. The molecule has 0 radical (unpaired) electrons. The van der Waals surface area contributed by atoms with Crippen molar-refractivity contribution < 1.29 is 4.79 Å². The molecular weight excluding hydrogens is 444 g/mol. The molecule has 1 amide bonds. The van der Waals surface area contributed by atoms with Crippen LogP contribution in [0.2, 0.25) is 0 Å². The number of nitrogens with zero attached hydrogens (tertiary/aromatic N) is 4. The molecule has 0 fully saturated rings. The van der Waals surface area contributed by atoms with E-state index in [1.54, 1.807) is 16.4 Å². The van der Waals surface area contributed by atoms with E-state index < -0.39 is 0 Å². The first-order valence-electron chi connectivity index (χ1n) is 11.1. The number of para-hydroxylation sites is 3. The molecule has 0 saturated heterocycles. The summed E-state index contributed by atoms with van der Waals surface area (Å²) in [5, 5.41) is 7.69. The summed E-state index contributed by atoms with van der Waals surface area (Å²) in [7, 11) is 0. The van der Waals surface area contributed by atoms with E-state index in [1.807, 2.05) is 91.2 Å². The van der Waals surface area contributed by atoms with Gasteiger partial charge in [0.05, 0.1) is 22.8 Å². The van der Waals surface area contributed by atoms with Crippen LogP contribution in [-0.4, -0.2) is 42.6 Å². The monoisotopic (exact) mass is 468 g/mol. The van der Waals surface area contributed by atoms with Crippen LogP contribution in [0.1, 0.15) is 28.9 Å². The zero-order valence-corrected chi connectivity index (χ0v) is 19.5. The third kappa shape index (κ3) is 4.58. The number of amides is 1. The Morgan fingerprint density at radius 3 is 2.41 bits per heavy atom. The molecular formula is C26H24N6OS. The first kappa shape index (κ1) is 21.9. The van der Waals surface area contributed by atoms with Crippen LogP contribution in [0.15, 0.2) is 84.9 Å². The number of carbonyl (C=O) groups excluding carboxylic acids is 1. The van der Waals surface area contributed by atoms with Crippen LogP contribution in [0.4, 0.5) is 0 Å². The standard InChI is InChI=1S/C26H24N6OS/c1-34-17-16-22(23-27-20-14-8-9-15-21(20)28-23)29-26(33)24-30-25(18-10-4-2-5-11-18)32(31-24)19-12-6-3-7-13-19/h2-15,22H,16-17H2,1H3,(H,27,28)(H,29,33). The molecule has 5 aromatic rings. The van der Waals surface area contributed by atoms with Gasteiger partial charge in [0.1, 0.15) is 5.82 Å². The van der Waals surface area contributed by atoms with E-state index in [9.17, 15) is 4.79 Å². The minimum absolute atomic E-state index is 0.118. The molecule has 170 valence electrons. The predicted octanol–water partition coefficient (Wildman–Crippen LogP) is 5.03. The van der Waals surface area contributed by atoms with Gasteiger partial charge in [0.2, 0.25) is 5.82 Å². The number of benzene rings is 3. The highest BCUT2D eigenvalue weighted by Gasteiger charge is 2.23. The van der Waals surface area contributed by atoms with E-state index in [4.69, 9.17) is 4.98 Å². The second kappa shape index (κ2) is 9.93. The van der Waals surface area contributed by atoms with Crippen LogP contribution in [0.3, 0.4) is 0 Å². The normalized spacial score (nSPS) is 12.0. The van der Waals surface area contributed by atoms with Crippen molar-refractivity contribution in [2.45, 2.75) is 12.5 Å². The summed E-state index contributed by atoms with van der Waals surface area (Å²) in [5.41, 5.74) is 3.54. The number of fused-ring (bicyclic) bond motifs is 1. The summed E-state index contributed by atoms with van der Waals surface area (Å²) in [5.74, 6) is 2.01. The first-order chi connectivity index (χ1) is 16.7. The van der Waals surface area contributed by atoms with Gasteiger partial charge in [-0.2, -0.15) is 11.8 Å². The summed E-state index contributed by atoms with van der Waals surface area (Å²) in [6, 6.07) is 27.0. The Labute approximate surface area is 201 Å². The Hall–Kier alpha value is -3.91. The molecule has 2 N–H and O–H groups in total. The lowest BCUT2D eigenvalue weighted by molar-refractivity contribution is 0.0923. The quantitative estimate of drug-likeness (QED) is 0.333. The molecule has 0 aliphatic rings. The first-order valence-corrected chi connectivity index (χ1v) is 12.4.